The molecule has 0 saturated carbocycles. The number of halogens is 1. The molecule has 0 bridgehead atoms. The van der Waals surface area contributed by atoms with Crippen LogP contribution in [0.25, 0.3) is 0 Å². The van der Waals surface area contributed by atoms with Crippen LogP contribution in [-0.4, -0.2) is 78.3 Å². The summed E-state index contributed by atoms with van der Waals surface area (Å²) in [5, 5.41) is 7.75. The average Bonchev–Trinajstić information content (AvgIpc) is 3.53. The number of hydrogen-bond donors (Lipinski definition) is 0. The Morgan fingerprint density at radius 1 is 1.23 bits per heavy atom. The number of aromatic nitrogens is 2. The molecule has 0 radical (unpaired) electrons. The van der Waals surface area contributed by atoms with Crippen molar-refractivity contribution in [3.8, 4) is 5.75 Å². The molecule has 1 spiro atoms. The van der Waals surface area contributed by atoms with Crippen LogP contribution in [0, 0.1) is 5.82 Å². The summed E-state index contributed by atoms with van der Waals surface area (Å²) in [6, 6.07) is 5.91. The van der Waals surface area contributed by atoms with E-state index < -0.39 is 0 Å². The lowest BCUT2D eigenvalue weighted by Crippen LogP contribution is -2.62. The fraction of sp³-hybridized carbons (Fsp3) is 0.692. The predicted octanol–water partition coefficient (Wildman–Crippen LogP) is 4.02. The maximum absolute atomic E-state index is 14.2. The van der Waals surface area contributed by atoms with Crippen LogP contribution in [0.1, 0.15) is 57.9 Å². The average molecular weight is 489 g/mol. The number of piperidine rings is 1. The third kappa shape index (κ3) is 5.17. The van der Waals surface area contributed by atoms with Gasteiger partial charge >= 0.3 is 6.01 Å². The van der Waals surface area contributed by atoms with Gasteiger partial charge in [-0.1, -0.05) is 12.0 Å². The summed E-state index contributed by atoms with van der Waals surface area (Å²) in [5.74, 6) is 0.854. The highest BCUT2D eigenvalue weighted by atomic mass is 19.1. The van der Waals surface area contributed by atoms with E-state index >= 15 is 0 Å². The smallest absolute Gasteiger partial charge is 0.318 e. The van der Waals surface area contributed by atoms with Gasteiger partial charge in [0, 0.05) is 18.2 Å². The molecule has 35 heavy (non-hydrogen) atoms. The van der Waals surface area contributed by atoms with Crippen LogP contribution in [0.2, 0.25) is 0 Å². The largest absolute Gasteiger partial charge is 0.490 e. The van der Waals surface area contributed by atoms with Crippen molar-refractivity contribution in [2.24, 2.45) is 0 Å². The zero-order chi connectivity index (χ0) is 24.5. The number of ether oxygens (including phenoxy) is 3. The van der Waals surface area contributed by atoms with Crippen LogP contribution in [0.5, 0.6) is 5.75 Å². The van der Waals surface area contributed by atoms with Gasteiger partial charge in [-0.25, -0.2) is 4.39 Å². The first-order valence-corrected chi connectivity index (χ1v) is 12.9. The topological polar surface area (TPSA) is 73.1 Å². The van der Waals surface area contributed by atoms with Crippen molar-refractivity contribution in [2.45, 2.75) is 69.6 Å². The molecule has 9 heteroatoms. The number of benzene rings is 1. The Morgan fingerprint density at radius 2 is 2.03 bits per heavy atom. The van der Waals surface area contributed by atoms with E-state index in [1.54, 1.807) is 12.1 Å². The van der Waals surface area contributed by atoms with Crippen LogP contribution in [0.15, 0.2) is 29.0 Å². The minimum Gasteiger partial charge on any atom is -0.490 e. The zero-order valence-electron chi connectivity index (χ0n) is 21.0. The summed E-state index contributed by atoms with van der Waals surface area (Å²) in [6.07, 6.45) is 5.19. The second kappa shape index (κ2) is 10.0. The lowest BCUT2D eigenvalue weighted by molar-refractivity contribution is -0.0571. The third-order valence-corrected chi connectivity index (χ3v) is 8.00. The SMILES string of the molecule is CCOC(C)(CC)COc1ccc(F)cc1C1CCN([C@@H]2COC3(C2)CN(c2nnco2)C3)CC1. The molecule has 1 aromatic heterocycles. The minimum atomic E-state index is -0.344. The molecule has 3 saturated heterocycles. The van der Waals surface area contributed by atoms with Gasteiger partial charge in [0.25, 0.3) is 0 Å². The number of rotatable bonds is 9. The molecule has 2 atom stereocenters. The Morgan fingerprint density at radius 3 is 2.71 bits per heavy atom. The standard InChI is InChI=1S/C26H37FN4O4/c1-4-25(3,34-5-2)17-32-23-7-6-20(27)12-22(23)19-8-10-30(11-9-19)21-13-26(35-14-21)15-31(16-26)24-29-28-18-33-24/h6-7,12,18-19,21H,4-5,8-11,13-17H2,1-3H3/t21-,25?/m0/s1. The molecule has 3 aliphatic rings. The summed E-state index contributed by atoms with van der Waals surface area (Å²) >= 11 is 0. The third-order valence-electron chi connectivity index (χ3n) is 8.00. The van der Waals surface area contributed by atoms with Gasteiger partial charge in [0.1, 0.15) is 23.8 Å². The van der Waals surface area contributed by atoms with Gasteiger partial charge in [0.15, 0.2) is 0 Å². The first-order valence-electron chi connectivity index (χ1n) is 12.9. The highest BCUT2D eigenvalue weighted by molar-refractivity contribution is 5.38. The number of hydrogen-bond acceptors (Lipinski definition) is 8. The molecule has 0 N–H and O–H groups in total. The van der Waals surface area contributed by atoms with Gasteiger partial charge in [-0.15, -0.1) is 5.10 Å². The lowest BCUT2D eigenvalue weighted by Gasteiger charge is -2.46. The fourth-order valence-electron chi connectivity index (χ4n) is 5.73. The van der Waals surface area contributed by atoms with Crippen molar-refractivity contribution in [1.82, 2.24) is 15.1 Å². The normalized spacial score (nSPS) is 24.5. The van der Waals surface area contributed by atoms with Crippen molar-refractivity contribution >= 4 is 6.01 Å². The lowest BCUT2D eigenvalue weighted by atomic mass is 9.86. The zero-order valence-corrected chi connectivity index (χ0v) is 21.0. The Labute approximate surface area is 206 Å². The van der Waals surface area contributed by atoms with E-state index in [4.69, 9.17) is 18.6 Å². The minimum absolute atomic E-state index is 0.105. The van der Waals surface area contributed by atoms with E-state index in [1.807, 2.05) is 6.92 Å². The van der Waals surface area contributed by atoms with Crippen LogP contribution in [0.4, 0.5) is 10.4 Å². The molecule has 192 valence electrons. The Balaban J connectivity index is 1.16. The first-order chi connectivity index (χ1) is 16.9. The van der Waals surface area contributed by atoms with Crippen molar-refractivity contribution in [3.63, 3.8) is 0 Å². The Bertz CT molecular complexity index is 976. The number of likely N-dealkylation sites (tertiary alicyclic amines) is 1. The molecule has 1 unspecified atom stereocenters. The molecular formula is C26H37FN4O4. The second-order valence-electron chi connectivity index (χ2n) is 10.4. The van der Waals surface area contributed by atoms with Gasteiger partial charge in [-0.05, 0) is 76.7 Å². The maximum Gasteiger partial charge on any atom is 0.318 e. The number of nitrogens with zero attached hydrogens (tertiary/aromatic N) is 4. The highest BCUT2D eigenvalue weighted by Crippen LogP contribution is 2.41. The Kier molecular flexibility index (Phi) is 7.01. The monoisotopic (exact) mass is 488 g/mol. The van der Waals surface area contributed by atoms with Crippen LogP contribution < -0.4 is 9.64 Å². The van der Waals surface area contributed by atoms with Gasteiger partial charge in [-0.2, -0.15) is 0 Å². The summed E-state index contributed by atoms with van der Waals surface area (Å²) in [6.45, 7) is 11.6. The molecule has 4 heterocycles. The van der Waals surface area contributed by atoms with Crippen LogP contribution in [-0.2, 0) is 9.47 Å². The predicted molar refractivity (Wildman–Crippen MR) is 129 cm³/mol. The molecule has 5 rings (SSSR count). The van der Waals surface area contributed by atoms with Gasteiger partial charge in [-0.3, -0.25) is 4.90 Å². The maximum atomic E-state index is 14.2. The van der Waals surface area contributed by atoms with Crippen molar-refractivity contribution in [3.05, 3.63) is 36.0 Å². The van der Waals surface area contributed by atoms with Gasteiger partial charge in [0.2, 0.25) is 6.39 Å². The van der Waals surface area contributed by atoms with Gasteiger partial charge < -0.3 is 23.5 Å². The van der Waals surface area contributed by atoms with E-state index in [0.29, 0.717) is 25.3 Å². The molecule has 2 aromatic rings. The van der Waals surface area contributed by atoms with Crippen molar-refractivity contribution < 1.29 is 23.0 Å². The van der Waals surface area contributed by atoms with E-state index in [0.717, 1.165) is 69.8 Å². The highest BCUT2D eigenvalue weighted by Gasteiger charge is 2.52. The van der Waals surface area contributed by atoms with E-state index in [1.165, 1.54) is 12.5 Å². The van der Waals surface area contributed by atoms with Crippen molar-refractivity contribution in [2.75, 3.05) is 50.9 Å². The quantitative estimate of drug-likeness (QED) is 0.524. The molecule has 3 fully saturated rings. The van der Waals surface area contributed by atoms with Crippen LogP contribution >= 0.6 is 0 Å². The van der Waals surface area contributed by atoms with Crippen molar-refractivity contribution in [1.29, 1.82) is 0 Å². The molecule has 3 aliphatic heterocycles. The van der Waals surface area contributed by atoms with Crippen LogP contribution in [0.3, 0.4) is 0 Å². The summed E-state index contributed by atoms with van der Waals surface area (Å²) < 4.78 is 37.9. The molecular weight excluding hydrogens is 451 g/mol. The van der Waals surface area contributed by atoms with E-state index in [9.17, 15) is 4.39 Å². The molecule has 0 aliphatic carbocycles. The molecule has 8 nitrogen and oxygen atoms in total. The summed E-state index contributed by atoms with van der Waals surface area (Å²) in [4.78, 5) is 4.62. The summed E-state index contributed by atoms with van der Waals surface area (Å²) in [5.41, 5.74) is 0.530. The fourth-order valence-corrected chi connectivity index (χ4v) is 5.73. The molecule has 0 amide bonds. The summed E-state index contributed by atoms with van der Waals surface area (Å²) in [7, 11) is 0. The first kappa shape index (κ1) is 24.5. The van der Waals surface area contributed by atoms with Gasteiger partial charge in [0.05, 0.1) is 25.3 Å². The van der Waals surface area contributed by atoms with E-state index in [-0.39, 0.29) is 22.9 Å². The second-order valence-corrected chi connectivity index (χ2v) is 10.4. The van der Waals surface area contributed by atoms with E-state index in [2.05, 4.69) is 33.8 Å². The Hall–Kier alpha value is -2.23. The number of anilines is 1. The molecule has 1 aromatic carbocycles.